The maximum absolute atomic E-state index is 12.8. The number of alkyl halides is 5. The molecule has 92 valence electrons. The zero-order valence-corrected chi connectivity index (χ0v) is 9.42. The van der Waals surface area contributed by atoms with Crippen molar-refractivity contribution in [1.82, 2.24) is 4.98 Å². The average Bonchev–Trinajstić information content (AvgIpc) is 2.49. The molecule has 1 aromatic heterocycles. The van der Waals surface area contributed by atoms with Crippen molar-refractivity contribution in [2.24, 2.45) is 5.92 Å². The molecule has 1 heterocycles. The summed E-state index contributed by atoms with van der Waals surface area (Å²) in [7, 11) is 0. The number of hydrogen-bond donors (Lipinski definition) is 0. The molecule has 0 saturated heterocycles. The Hall–Kier alpha value is -0.720. The molecule has 16 heavy (non-hydrogen) atoms. The Morgan fingerprint density at radius 3 is 2.25 bits per heavy atom. The van der Waals surface area contributed by atoms with Gasteiger partial charge in [0.05, 0.1) is 5.01 Å². The van der Waals surface area contributed by atoms with Gasteiger partial charge in [0, 0.05) is 11.8 Å². The van der Waals surface area contributed by atoms with Crippen molar-refractivity contribution in [3.63, 3.8) is 0 Å². The van der Waals surface area contributed by atoms with E-state index in [9.17, 15) is 22.0 Å². The lowest BCUT2D eigenvalue weighted by Crippen LogP contribution is -2.34. The van der Waals surface area contributed by atoms with Crippen LogP contribution in [0.2, 0.25) is 0 Å². The zero-order chi connectivity index (χ0) is 12.6. The average molecular weight is 259 g/mol. The van der Waals surface area contributed by atoms with Gasteiger partial charge in [-0.05, 0) is 5.92 Å². The molecule has 1 nitrogen and oxygen atoms in total. The normalized spacial score (nSPS) is 13.5. The van der Waals surface area contributed by atoms with Crippen LogP contribution >= 0.6 is 11.3 Å². The van der Waals surface area contributed by atoms with Crippen LogP contribution in [-0.2, 0) is 12.3 Å². The largest absolute Gasteiger partial charge is 0.459 e. The minimum absolute atomic E-state index is 0.165. The lowest BCUT2D eigenvalue weighted by atomic mass is 10.1. The zero-order valence-electron chi connectivity index (χ0n) is 8.61. The van der Waals surface area contributed by atoms with Gasteiger partial charge in [0.1, 0.15) is 5.69 Å². The summed E-state index contributed by atoms with van der Waals surface area (Å²) in [5.74, 6) is -4.70. The molecule has 0 atom stereocenters. The van der Waals surface area contributed by atoms with Crippen LogP contribution in [0.3, 0.4) is 0 Å². The van der Waals surface area contributed by atoms with Gasteiger partial charge in [0.2, 0.25) is 0 Å². The van der Waals surface area contributed by atoms with E-state index < -0.39 is 17.8 Å². The third-order valence-corrected chi connectivity index (χ3v) is 2.68. The van der Waals surface area contributed by atoms with E-state index in [2.05, 4.69) is 4.98 Å². The first-order chi connectivity index (χ1) is 7.14. The monoisotopic (exact) mass is 259 g/mol. The summed E-state index contributed by atoms with van der Waals surface area (Å²) < 4.78 is 61.7. The highest BCUT2D eigenvalue weighted by Crippen LogP contribution is 2.43. The Kier molecular flexibility index (Phi) is 3.56. The predicted molar refractivity (Wildman–Crippen MR) is 50.6 cm³/mol. The lowest BCUT2D eigenvalue weighted by Gasteiger charge is -2.16. The molecule has 0 aromatic carbocycles. The van der Waals surface area contributed by atoms with Crippen LogP contribution in [-0.4, -0.2) is 11.2 Å². The molecular weight excluding hydrogens is 249 g/mol. The van der Waals surface area contributed by atoms with Gasteiger partial charge in [-0.2, -0.15) is 22.0 Å². The van der Waals surface area contributed by atoms with Gasteiger partial charge in [-0.3, -0.25) is 0 Å². The fourth-order valence-corrected chi connectivity index (χ4v) is 2.07. The van der Waals surface area contributed by atoms with Crippen molar-refractivity contribution in [1.29, 1.82) is 0 Å². The quantitative estimate of drug-likeness (QED) is 0.748. The molecule has 0 radical (unpaired) electrons. The van der Waals surface area contributed by atoms with Gasteiger partial charge in [-0.15, -0.1) is 11.3 Å². The fraction of sp³-hybridized carbons (Fsp3) is 0.667. The van der Waals surface area contributed by atoms with Crippen molar-refractivity contribution in [2.45, 2.75) is 32.4 Å². The Bertz CT molecular complexity index is 355. The molecule has 0 aliphatic heterocycles. The van der Waals surface area contributed by atoms with E-state index in [4.69, 9.17) is 0 Å². The fourth-order valence-electron chi connectivity index (χ4n) is 1.04. The van der Waals surface area contributed by atoms with Crippen LogP contribution in [0.1, 0.15) is 24.5 Å². The lowest BCUT2D eigenvalue weighted by molar-refractivity contribution is -0.290. The van der Waals surface area contributed by atoms with E-state index in [1.54, 1.807) is 0 Å². The van der Waals surface area contributed by atoms with Crippen LogP contribution in [0.15, 0.2) is 5.38 Å². The molecule has 0 saturated carbocycles. The van der Waals surface area contributed by atoms with Crippen molar-refractivity contribution >= 4 is 11.3 Å². The molecule has 0 unspecified atom stereocenters. The number of nitrogens with zero attached hydrogens (tertiary/aromatic N) is 1. The molecule has 0 fully saturated rings. The number of aromatic nitrogens is 1. The second kappa shape index (κ2) is 4.27. The van der Waals surface area contributed by atoms with E-state index in [0.717, 1.165) is 16.7 Å². The van der Waals surface area contributed by atoms with Gasteiger partial charge in [0.15, 0.2) is 0 Å². The summed E-state index contributed by atoms with van der Waals surface area (Å²) in [4.78, 5) is 3.34. The number of thiazole rings is 1. The van der Waals surface area contributed by atoms with E-state index in [1.807, 2.05) is 13.8 Å². The van der Waals surface area contributed by atoms with Crippen LogP contribution in [0.25, 0.3) is 0 Å². The van der Waals surface area contributed by atoms with Gasteiger partial charge >= 0.3 is 12.1 Å². The summed E-state index contributed by atoms with van der Waals surface area (Å²) >= 11 is 0.830. The first-order valence-corrected chi connectivity index (χ1v) is 5.42. The highest BCUT2D eigenvalue weighted by Gasteiger charge is 2.60. The van der Waals surface area contributed by atoms with E-state index in [0.29, 0.717) is 11.4 Å². The van der Waals surface area contributed by atoms with Gasteiger partial charge in [-0.1, -0.05) is 13.8 Å². The summed E-state index contributed by atoms with van der Waals surface area (Å²) in [6.07, 6.45) is -5.19. The van der Waals surface area contributed by atoms with E-state index in [-0.39, 0.29) is 5.92 Å². The summed E-state index contributed by atoms with van der Waals surface area (Å²) in [6.45, 7) is 3.67. The Labute approximate surface area is 93.3 Å². The molecule has 0 spiro atoms. The smallest absolute Gasteiger partial charge is 0.240 e. The summed E-state index contributed by atoms with van der Waals surface area (Å²) in [6, 6.07) is 0. The SMILES string of the molecule is CC(C)Cc1nc(C(F)(F)C(F)(F)F)cs1. The highest BCUT2D eigenvalue weighted by molar-refractivity contribution is 7.09. The number of rotatable bonds is 3. The van der Waals surface area contributed by atoms with Crippen LogP contribution in [0.4, 0.5) is 22.0 Å². The second-order valence-electron chi connectivity index (χ2n) is 3.80. The minimum atomic E-state index is -5.59. The minimum Gasteiger partial charge on any atom is -0.240 e. The Morgan fingerprint density at radius 1 is 1.25 bits per heavy atom. The topological polar surface area (TPSA) is 12.9 Å². The van der Waals surface area contributed by atoms with Gasteiger partial charge in [-0.25, -0.2) is 4.98 Å². The van der Waals surface area contributed by atoms with E-state index >= 15 is 0 Å². The molecule has 0 aliphatic carbocycles. The maximum atomic E-state index is 12.8. The Balaban J connectivity index is 2.93. The molecule has 0 amide bonds. The van der Waals surface area contributed by atoms with Crippen molar-refractivity contribution in [3.8, 4) is 0 Å². The number of halogens is 5. The van der Waals surface area contributed by atoms with Crippen LogP contribution < -0.4 is 0 Å². The summed E-state index contributed by atoms with van der Waals surface area (Å²) in [5, 5.41) is 1.07. The standard InChI is InChI=1S/C9H10F5NS/c1-5(2)3-7-15-6(4-16-7)8(10,11)9(12,13)14/h4-5H,3H2,1-2H3. The van der Waals surface area contributed by atoms with Gasteiger partial charge < -0.3 is 0 Å². The molecule has 7 heteroatoms. The molecule has 1 rings (SSSR count). The molecular formula is C9H10F5NS. The van der Waals surface area contributed by atoms with Crippen LogP contribution in [0, 0.1) is 5.92 Å². The van der Waals surface area contributed by atoms with Crippen LogP contribution in [0.5, 0.6) is 0 Å². The first kappa shape index (κ1) is 13.3. The van der Waals surface area contributed by atoms with E-state index in [1.165, 1.54) is 0 Å². The van der Waals surface area contributed by atoms with Crippen molar-refractivity contribution in [2.75, 3.05) is 0 Å². The summed E-state index contributed by atoms with van der Waals surface area (Å²) in [5.41, 5.74) is -1.21. The first-order valence-electron chi connectivity index (χ1n) is 4.54. The predicted octanol–water partition coefficient (Wildman–Crippen LogP) is 4.00. The molecule has 1 aromatic rings. The molecule has 0 bridgehead atoms. The number of hydrogen-bond acceptors (Lipinski definition) is 2. The van der Waals surface area contributed by atoms with Crippen molar-refractivity contribution in [3.05, 3.63) is 16.1 Å². The highest BCUT2D eigenvalue weighted by atomic mass is 32.1. The molecule has 0 aliphatic rings. The van der Waals surface area contributed by atoms with Gasteiger partial charge in [0.25, 0.3) is 0 Å². The second-order valence-corrected chi connectivity index (χ2v) is 4.74. The molecule has 0 N–H and O–H groups in total. The van der Waals surface area contributed by atoms with Crippen molar-refractivity contribution < 1.29 is 22.0 Å². The third kappa shape index (κ3) is 2.69. The maximum Gasteiger partial charge on any atom is 0.459 e. The third-order valence-electron chi connectivity index (χ3n) is 1.81. The Morgan fingerprint density at radius 2 is 1.81 bits per heavy atom.